The molecule has 0 aliphatic rings. The number of aromatic nitrogens is 4. The van der Waals surface area contributed by atoms with E-state index in [-0.39, 0.29) is 0 Å². The second-order valence-electron chi connectivity index (χ2n) is 3.55. The number of nitrogens with one attached hydrogen (secondary N) is 1. The summed E-state index contributed by atoms with van der Waals surface area (Å²) in [5, 5.41) is 3.33. The molecule has 0 bridgehead atoms. The van der Waals surface area contributed by atoms with Gasteiger partial charge in [0.2, 0.25) is 0 Å². The standard InChI is InChI=1S/C11H15N5/c1-10-14-5-7-16(10)6-4-12-8-11-2-3-13-9-15-11/h2-3,5,7,9,12H,4,6,8H2,1H3. The molecule has 0 spiro atoms. The lowest BCUT2D eigenvalue weighted by Gasteiger charge is -2.06. The van der Waals surface area contributed by atoms with Crippen molar-refractivity contribution in [1.29, 1.82) is 0 Å². The number of imidazole rings is 1. The first-order chi connectivity index (χ1) is 7.86. The number of hydrogen-bond donors (Lipinski definition) is 1. The average Bonchev–Trinajstić information content (AvgIpc) is 2.72. The number of nitrogens with zero attached hydrogens (tertiary/aromatic N) is 4. The quantitative estimate of drug-likeness (QED) is 0.752. The van der Waals surface area contributed by atoms with Crippen LogP contribution in [-0.2, 0) is 13.1 Å². The Kier molecular flexibility index (Phi) is 3.61. The van der Waals surface area contributed by atoms with Gasteiger partial charge in [0.15, 0.2) is 0 Å². The highest BCUT2D eigenvalue weighted by molar-refractivity contribution is 4.96. The summed E-state index contributed by atoms with van der Waals surface area (Å²) in [7, 11) is 0. The second-order valence-corrected chi connectivity index (χ2v) is 3.55. The van der Waals surface area contributed by atoms with Crippen molar-refractivity contribution in [2.45, 2.75) is 20.0 Å². The molecule has 2 heterocycles. The van der Waals surface area contributed by atoms with Gasteiger partial charge in [-0.2, -0.15) is 0 Å². The Balaban J connectivity index is 1.72. The molecular formula is C11H15N5. The van der Waals surface area contributed by atoms with Crippen molar-refractivity contribution in [1.82, 2.24) is 24.8 Å². The summed E-state index contributed by atoms with van der Waals surface area (Å²) in [6.07, 6.45) is 7.13. The van der Waals surface area contributed by atoms with Gasteiger partial charge in [-0.05, 0) is 13.0 Å². The lowest BCUT2D eigenvalue weighted by Crippen LogP contribution is -2.20. The van der Waals surface area contributed by atoms with Crippen molar-refractivity contribution in [3.8, 4) is 0 Å². The molecule has 0 saturated heterocycles. The topological polar surface area (TPSA) is 55.6 Å². The third-order valence-electron chi connectivity index (χ3n) is 2.40. The fraction of sp³-hybridized carbons (Fsp3) is 0.364. The van der Waals surface area contributed by atoms with E-state index in [1.165, 1.54) is 0 Å². The Morgan fingerprint density at radius 2 is 2.25 bits per heavy atom. The largest absolute Gasteiger partial charge is 0.334 e. The van der Waals surface area contributed by atoms with Crippen molar-refractivity contribution in [3.63, 3.8) is 0 Å². The zero-order valence-corrected chi connectivity index (χ0v) is 9.30. The van der Waals surface area contributed by atoms with E-state index in [4.69, 9.17) is 0 Å². The van der Waals surface area contributed by atoms with Crippen LogP contribution in [-0.4, -0.2) is 26.1 Å². The molecule has 0 aliphatic heterocycles. The average molecular weight is 217 g/mol. The van der Waals surface area contributed by atoms with Crippen LogP contribution < -0.4 is 5.32 Å². The normalized spacial score (nSPS) is 10.6. The Bertz CT molecular complexity index is 423. The van der Waals surface area contributed by atoms with Crippen LogP contribution in [0.2, 0.25) is 0 Å². The third kappa shape index (κ3) is 2.87. The molecule has 0 amide bonds. The van der Waals surface area contributed by atoms with Crippen LogP contribution in [0.3, 0.4) is 0 Å². The number of hydrogen-bond acceptors (Lipinski definition) is 4. The van der Waals surface area contributed by atoms with E-state index in [9.17, 15) is 0 Å². The fourth-order valence-electron chi connectivity index (χ4n) is 1.48. The van der Waals surface area contributed by atoms with Crippen molar-refractivity contribution >= 4 is 0 Å². The summed E-state index contributed by atoms with van der Waals surface area (Å²) in [5.41, 5.74) is 1.01. The van der Waals surface area contributed by atoms with Gasteiger partial charge in [-0.1, -0.05) is 0 Å². The van der Waals surface area contributed by atoms with Gasteiger partial charge < -0.3 is 9.88 Å². The van der Waals surface area contributed by atoms with E-state index in [0.29, 0.717) is 0 Å². The van der Waals surface area contributed by atoms with Gasteiger partial charge in [-0.3, -0.25) is 0 Å². The highest BCUT2D eigenvalue weighted by Gasteiger charge is 1.96. The SMILES string of the molecule is Cc1nccn1CCNCc1ccncn1. The molecule has 1 N–H and O–H groups in total. The van der Waals surface area contributed by atoms with Crippen LogP contribution in [0.15, 0.2) is 31.0 Å². The molecule has 0 aliphatic carbocycles. The van der Waals surface area contributed by atoms with Crippen molar-refractivity contribution < 1.29 is 0 Å². The van der Waals surface area contributed by atoms with Crippen molar-refractivity contribution in [2.24, 2.45) is 0 Å². The molecule has 2 aromatic rings. The van der Waals surface area contributed by atoms with Crippen LogP contribution in [0.1, 0.15) is 11.5 Å². The van der Waals surface area contributed by atoms with Crippen LogP contribution >= 0.6 is 0 Å². The molecule has 2 aromatic heterocycles. The van der Waals surface area contributed by atoms with Crippen molar-refractivity contribution in [3.05, 3.63) is 42.5 Å². The van der Waals surface area contributed by atoms with E-state index in [1.807, 2.05) is 25.4 Å². The molecule has 84 valence electrons. The number of rotatable bonds is 5. The summed E-state index contributed by atoms with van der Waals surface area (Å²) in [4.78, 5) is 12.2. The van der Waals surface area contributed by atoms with E-state index >= 15 is 0 Å². The minimum Gasteiger partial charge on any atom is -0.334 e. The monoisotopic (exact) mass is 217 g/mol. The Hall–Kier alpha value is -1.75. The fourth-order valence-corrected chi connectivity index (χ4v) is 1.48. The summed E-state index contributed by atoms with van der Waals surface area (Å²) in [5.74, 6) is 1.05. The minimum atomic E-state index is 0.774. The second kappa shape index (κ2) is 5.37. The van der Waals surface area contributed by atoms with E-state index in [0.717, 1.165) is 31.2 Å². The molecule has 0 unspecified atom stereocenters. The first-order valence-electron chi connectivity index (χ1n) is 5.29. The lowest BCUT2D eigenvalue weighted by molar-refractivity contribution is 0.582. The van der Waals surface area contributed by atoms with Gasteiger partial charge in [0, 0.05) is 38.2 Å². The molecular weight excluding hydrogens is 202 g/mol. The van der Waals surface area contributed by atoms with Crippen LogP contribution in [0.4, 0.5) is 0 Å². The predicted molar refractivity (Wildman–Crippen MR) is 60.7 cm³/mol. The molecule has 5 nitrogen and oxygen atoms in total. The van der Waals surface area contributed by atoms with Gasteiger partial charge in [0.1, 0.15) is 12.2 Å². The molecule has 0 saturated carbocycles. The van der Waals surface area contributed by atoms with Crippen LogP contribution in [0.25, 0.3) is 0 Å². The minimum absolute atomic E-state index is 0.774. The molecule has 2 rings (SSSR count). The zero-order valence-electron chi connectivity index (χ0n) is 9.30. The van der Waals surface area contributed by atoms with E-state index in [1.54, 1.807) is 12.5 Å². The van der Waals surface area contributed by atoms with Crippen LogP contribution in [0.5, 0.6) is 0 Å². The third-order valence-corrected chi connectivity index (χ3v) is 2.40. The Morgan fingerprint density at radius 3 is 2.94 bits per heavy atom. The van der Waals surface area contributed by atoms with Gasteiger partial charge in [0.25, 0.3) is 0 Å². The molecule has 0 fully saturated rings. The molecule has 0 atom stereocenters. The summed E-state index contributed by atoms with van der Waals surface area (Å²) in [6, 6.07) is 1.91. The number of aryl methyl sites for hydroxylation is 1. The van der Waals surface area contributed by atoms with Crippen LogP contribution in [0, 0.1) is 6.92 Å². The summed E-state index contributed by atoms with van der Waals surface area (Å²) < 4.78 is 2.12. The smallest absolute Gasteiger partial charge is 0.115 e. The lowest BCUT2D eigenvalue weighted by atomic mass is 10.4. The molecule has 0 radical (unpaired) electrons. The summed E-state index contributed by atoms with van der Waals surface area (Å²) >= 11 is 0. The molecule has 16 heavy (non-hydrogen) atoms. The molecule has 0 aromatic carbocycles. The Labute approximate surface area is 94.6 Å². The Morgan fingerprint density at radius 1 is 1.31 bits per heavy atom. The van der Waals surface area contributed by atoms with Gasteiger partial charge >= 0.3 is 0 Å². The van der Waals surface area contributed by atoms with E-state index < -0.39 is 0 Å². The highest BCUT2D eigenvalue weighted by atomic mass is 15.1. The zero-order chi connectivity index (χ0) is 11.2. The first kappa shape index (κ1) is 10.8. The predicted octanol–water partition coefficient (Wildman–Crippen LogP) is 0.771. The maximum Gasteiger partial charge on any atom is 0.115 e. The van der Waals surface area contributed by atoms with Gasteiger partial charge in [0.05, 0.1) is 5.69 Å². The van der Waals surface area contributed by atoms with Crippen molar-refractivity contribution in [2.75, 3.05) is 6.54 Å². The first-order valence-corrected chi connectivity index (χ1v) is 5.29. The molecule has 5 heteroatoms. The van der Waals surface area contributed by atoms with Gasteiger partial charge in [-0.15, -0.1) is 0 Å². The van der Waals surface area contributed by atoms with E-state index in [2.05, 4.69) is 24.8 Å². The summed E-state index contributed by atoms with van der Waals surface area (Å²) in [6.45, 7) is 4.61. The maximum atomic E-state index is 4.17. The highest BCUT2D eigenvalue weighted by Crippen LogP contribution is 1.94. The maximum absolute atomic E-state index is 4.17. The van der Waals surface area contributed by atoms with Gasteiger partial charge in [-0.25, -0.2) is 15.0 Å².